The van der Waals surface area contributed by atoms with E-state index in [-0.39, 0.29) is 0 Å². The number of nitrogens with one attached hydrogen (secondary N) is 1. The normalized spacial score (nSPS) is 18.4. The zero-order valence-corrected chi connectivity index (χ0v) is 8.11. The second-order valence-corrected chi connectivity index (χ2v) is 3.46. The third-order valence-electron chi connectivity index (χ3n) is 2.09. The van der Waals surface area contributed by atoms with Crippen LogP contribution in [0.2, 0.25) is 0 Å². The Hall–Kier alpha value is -0.350. The second kappa shape index (κ2) is 3.36. The van der Waals surface area contributed by atoms with Crippen LogP contribution in [0.4, 0.5) is 0 Å². The van der Waals surface area contributed by atoms with Gasteiger partial charge in [-0.2, -0.15) is 0 Å². The molecule has 1 heterocycles. The number of likely N-dealkylation sites (tertiary alicyclic amines) is 1. The fourth-order valence-corrected chi connectivity index (χ4v) is 1.25. The van der Waals surface area contributed by atoms with Gasteiger partial charge in [0.2, 0.25) is 0 Å². The van der Waals surface area contributed by atoms with Crippen molar-refractivity contribution < 1.29 is 0 Å². The largest absolute Gasteiger partial charge is 0.366 e. The average Bonchev–Trinajstić information content (AvgIpc) is 1.83. The molecule has 0 atom stereocenters. The van der Waals surface area contributed by atoms with E-state index < -0.39 is 0 Å². The minimum absolute atomic E-state index is 0.682. The molecule has 1 aliphatic rings. The first-order chi connectivity index (χ1) is 5.15. The summed E-state index contributed by atoms with van der Waals surface area (Å²) in [6, 6.07) is 0.682. The van der Waals surface area contributed by atoms with Gasteiger partial charge in [0.25, 0.3) is 0 Å². The van der Waals surface area contributed by atoms with Gasteiger partial charge in [0.1, 0.15) is 0 Å². The Morgan fingerprint density at radius 2 is 2.09 bits per heavy atom. The lowest BCUT2D eigenvalue weighted by Crippen LogP contribution is -2.60. The third kappa shape index (κ3) is 1.81. The molecule has 0 unspecified atom stereocenters. The Balaban J connectivity index is 2.24. The molecule has 0 saturated carbocycles. The van der Waals surface area contributed by atoms with Crippen molar-refractivity contribution in [3.63, 3.8) is 0 Å². The van der Waals surface area contributed by atoms with Crippen LogP contribution in [0.15, 0.2) is 0 Å². The second-order valence-electron chi connectivity index (χ2n) is 3.08. The number of hydrogen-bond acceptors (Lipinski definition) is 2. The minimum Gasteiger partial charge on any atom is -0.366 e. The fraction of sp³-hybridized carbons (Fsp3) is 0.857. The van der Waals surface area contributed by atoms with Crippen molar-refractivity contribution in [3.8, 4) is 0 Å². The quantitative estimate of drug-likeness (QED) is 0.550. The molecule has 0 bridgehead atoms. The molecule has 0 aliphatic carbocycles. The van der Waals surface area contributed by atoms with E-state index in [1.807, 2.05) is 7.05 Å². The van der Waals surface area contributed by atoms with Crippen LogP contribution in [0.1, 0.15) is 0 Å². The maximum absolute atomic E-state index is 5.06. The van der Waals surface area contributed by atoms with Gasteiger partial charge in [-0.1, -0.05) is 0 Å². The van der Waals surface area contributed by atoms with Crippen molar-refractivity contribution in [1.82, 2.24) is 15.1 Å². The molecule has 0 aromatic heterocycles. The Kier molecular flexibility index (Phi) is 2.67. The van der Waals surface area contributed by atoms with Gasteiger partial charge < -0.3 is 15.1 Å². The summed E-state index contributed by atoms with van der Waals surface area (Å²) in [6.45, 7) is 2.12. The molecule has 1 fully saturated rings. The van der Waals surface area contributed by atoms with E-state index >= 15 is 0 Å². The predicted octanol–water partition coefficient (Wildman–Crippen LogP) is -0.263. The molecule has 11 heavy (non-hydrogen) atoms. The van der Waals surface area contributed by atoms with Gasteiger partial charge in [0, 0.05) is 26.2 Å². The standard InChI is InChI=1S/C7H15N3S/c1-8-7(11)10-4-6(5-10)9(2)3/h6H,4-5H2,1-3H3,(H,8,11). The molecule has 4 heteroatoms. The summed E-state index contributed by atoms with van der Waals surface area (Å²) in [7, 11) is 6.07. The molecule has 3 nitrogen and oxygen atoms in total. The fourth-order valence-electron chi connectivity index (χ4n) is 1.11. The zero-order chi connectivity index (χ0) is 8.43. The van der Waals surface area contributed by atoms with Gasteiger partial charge in [-0.15, -0.1) is 0 Å². The summed E-state index contributed by atoms with van der Waals surface area (Å²) in [4.78, 5) is 4.40. The van der Waals surface area contributed by atoms with Crippen LogP contribution < -0.4 is 5.32 Å². The summed E-state index contributed by atoms with van der Waals surface area (Å²) in [5.41, 5.74) is 0. The lowest BCUT2D eigenvalue weighted by Gasteiger charge is -2.43. The van der Waals surface area contributed by atoms with Crippen molar-refractivity contribution in [2.24, 2.45) is 0 Å². The first-order valence-electron chi connectivity index (χ1n) is 3.78. The highest BCUT2D eigenvalue weighted by atomic mass is 32.1. The minimum atomic E-state index is 0.682. The molecule has 1 rings (SSSR count). The van der Waals surface area contributed by atoms with Crippen LogP contribution in [0.5, 0.6) is 0 Å². The lowest BCUT2D eigenvalue weighted by molar-refractivity contribution is 0.123. The van der Waals surface area contributed by atoms with Gasteiger partial charge in [0.05, 0.1) is 0 Å². The first-order valence-corrected chi connectivity index (χ1v) is 4.19. The molecule has 0 radical (unpaired) electrons. The van der Waals surface area contributed by atoms with Gasteiger partial charge in [-0.3, -0.25) is 0 Å². The molecule has 1 saturated heterocycles. The number of rotatable bonds is 1. The van der Waals surface area contributed by atoms with Crippen molar-refractivity contribution in [1.29, 1.82) is 0 Å². The number of hydrogen-bond donors (Lipinski definition) is 1. The molecule has 0 aromatic rings. The SMILES string of the molecule is CNC(=S)N1CC(N(C)C)C1. The summed E-state index contributed by atoms with van der Waals surface area (Å²) in [5, 5.41) is 3.83. The summed E-state index contributed by atoms with van der Waals surface area (Å²) in [5.74, 6) is 0. The summed E-state index contributed by atoms with van der Waals surface area (Å²) >= 11 is 5.06. The highest BCUT2D eigenvalue weighted by Crippen LogP contribution is 2.11. The van der Waals surface area contributed by atoms with E-state index in [9.17, 15) is 0 Å². The first kappa shape index (κ1) is 8.74. The highest BCUT2D eigenvalue weighted by Gasteiger charge is 2.29. The van der Waals surface area contributed by atoms with Crippen molar-refractivity contribution in [3.05, 3.63) is 0 Å². The maximum atomic E-state index is 5.06. The lowest BCUT2D eigenvalue weighted by atomic mass is 10.1. The molecular formula is C7H15N3S. The molecule has 1 N–H and O–H groups in total. The molecule has 0 aromatic carbocycles. The van der Waals surface area contributed by atoms with Crippen LogP contribution in [-0.4, -0.2) is 55.2 Å². The van der Waals surface area contributed by atoms with Crippen LogP contribution in [0.25, 0.3) is 0 Å². The topological polar surface area (TPSA) is 18.5 Å². The number of likely N-dealkylation sites (N-methyl/N-ethyl adjacent to an activating group) is 1. The molecular weight excluding hydrogens is 158 g/mol. The van der Waals surface area contributed by atoms with E-state index in [0.29, 0.717) is 6.04 Å². The summed E-state index contributed by atoms with van der Waals surface area (Å²) < 4.78 is 0. The van der Waals surface area contributed by atoms with E-state index in [1.165, 1.54) is 0 Å². The monoisotopic (exact) mass is 173 g/mol. The predicted molar refractivity (Wildman–Crippen MR) is 50.7 cm³/mol. The number of thiocarbonyl (C=S) groups is 1. The smallest absolute Gasteiger partial charge is 0.168 e. The molecule has 1 aliphatic heterocycles. The number of nitrogens with zero attached hydrogens (tertiary/aromatic N) is 2. The van der Waals surface area contributed by atoms with Crippen LogP contribution in [-0.2, 0) is 0 Å². The van der Waals surface area contributed by atoms with Crippen LogP contribution in [0.3, 0.4) is 0 Å². The van der Waals surface area contributed by atoms with Gasteiger partial charge in [-0.05, 0) is 26.3 Å². The Labute approximate surface area is 73.4 Å². The van der Waals surface area contributed by atoms with E-state index in [4.69, 9.17) is 12.2 Å². The van der Waals surface area contributed by atoms with Gasteiger partial charge in [-0.25, -0.2) is 0 Å². The Morgan fingerprint density at radius 1 is 1.55 bits per heavy atom. The Morgan fingerprint density at radius 3 is 2.45 bits per heavy atom. The van der Waals surface area contributed by atoms with E-state index in [2.05, 4.69) is 29.2 Å². The molecule has 64 valence electrons. The summed E-state index contributed by atoms with van der Waals surface area (Å²) in [6.07, 6.45) is 0. The van der Waals surface area contributed by atoms with E-state index in [1.54, 1.807) is 0 Å². The molecule has 0 amide bonds. The average molecular weight is 173 g/mol. The van der Waals surface area contributed by atoms with Gasteiger partial charge in [0.15, 0.2) is 5.11 Å². The van der Waals surface area contributed by atoms with Crippen LogP contribution >= 0.6 is 12.2 Å². The van der Waals surface area contributed by atoms with Gasteiger partial charge >= 0.3 is 0 Å². The van der Waals surface area contributed by atoms with Crippen LogP contribution in [0, 0.1) is 0 Å². The van der Waals surface area contributed by atoms with E-state index in [0.717, 1.165) is 18.2 Å². The third-order valence-corrected chi connectivity index (χ3v) is 2.56. The Bertz CT molecular complexity index is 152. The maximum Gasteiger partial charge on any atom is 0.168 e. The zero-order valence-electron chi connectivity index (χ0n) is 7.29. The molecule has 0 spiro atoms. The van der Waals surface area contributed by atoms with Crippen molar-refractivity contribution in [2.75, 3.05) is 34.2 Å². The van der Waals surface area contributed by atoms with Crippen molar-refractivity contribution >= 4 is 17.3 Å². The highest BCUT2D eigenvalue weighted by molar-refractivity contribution is 7.80. The van der Waals surface area contributed by atoms with Crippen molar-refractivity contribution in [2.45, 2.75) is 6.04 Å².